The first-order valence-corrected chi connectivity index (χ1v) is 14.0. The molecule has 7 heteroatoms. The minimum atomic E-state index is -0.241. The van der Waals surface area contributed by atoms with Gasteiger partial charge in [-0.25, -0.2) is 0 Å². The fourth-order valence-electron chi connectivity index (χ4n) is 5.67. The van der Waals surface area contributed by atoms with Gasteiger partial charge in [-0.2, -0.15) is 0 Å². The van der Waals surface area contributed by atoms with Gasteiger partial charge in [0.25, 0.3) is 5.91 Å². The Hall–Kier alpha value is -2.25. The van der Waals surface area contributed by atoms with Crippen LogP contribution in [0.15, 0.2) is 54.6 Å². The third-order valence-electron chi connectivity index (χ3n) is 7.30. The number of ketones is 1. The maximum Gasteiger partial charge on any atom is 0.309 e. The van der Waals surface area contributed by atoms with Crippen LogP contribution < -0.4 is 5.32 Å². The van der Waals surface area contributed by atoms with Crippen molar-refractivity contribution in [2.45, 2.75) is 36.2 Å². The third kappa shape index (κ3) is 4.78. The van der Waals surface area contributed by atoms with Gasteiger partial charge in [-0.15, -0.1) is 23.5 Å². The predicted octanol–water partition coefficient (Wildman–Crippen LogP) is 5.67. The predicted molar refractivity (Wildman–Crippen MR) is 137 cm³/mol. The van der Waals surface area contributed by atoms with Gasteiger partial charge in [0.05, 0.1) is 10.00 Å². The molecule has 5 nitrogen and oxygen atoms in total. The second-order valence-electron chi connectivity index (χ2n) is 9.34. The van der Waals surface area contributed by atoms with Crippen LogP contribution >= 0.6 is 23.5 Å². The highest BCUT2D eigenvalue weighted by Crippen LogP contribution is 2.64. The van der Waals surface area contributed by atoms with Gasteiger partial charge in [0, 0.05) is 28.3 Å². The average molecular weight is 496 g/mol. The fraction of sp³-hybridized carbons (Fsp3) is 0.444. The number of Topliss-reactive ketones (excluding diaryl/α,β-unsaturated/α-hetero) is 1. The van der Waals surface area contributed by atoms with Gasteiger partial charge in [-0.3, -0.25) is 14.4 Å². The van der Waals surface area contributed by atoms with E-state index in [2.05, 4.69) is 28.8 Å². The van der Waals surface area contributed by atoms with Gasteiger partial charge >= 0.3 is 5.97 Å². The Kier molecular flexibility index (Phi) is 7.02. The molecular weight excluding hydrogens is 466 g/mol. The fourth-order valence-corrected chi connectivity index (χ4v) is 9.61. The van der Waals surface area contributed by atoms with Crippen LogP contribution in [0.4, 0.5) is 5.69 Å². The second kappa shape index (κ2) is 10.2. The van der Waals surface area contributed by atoms with Crippen LogP contribution in [0.25, 0.3) is 0 Å². The lowest BCUT2D eigenvalue weighted by atomic mass is 9.67. The Bertz CT molecular complexity index is 1030. The minimum absolute atomic E-state index is 0.0916. The number of rotatable bonds is 6. The highest BCUT2D eigenvalue weighted by Gasteiger charge is 2.55. The molecule has 1 unspecified atom stereocenters. The van der Waals surface area contributed by atoms with E-state index >= 15 is 0 Å². The van der Waals surface area contributed by atoms with Crippen LogP contribution in [0.1, 0.15) is 52.8 Å². The van der Waals surface area contributed by atoms with Crippen molar-refractivity contribution in [1.82, 2.24) is 0 Å². The quantitative estimate of drug-likeness (QED) is 0.411. The molecule has 1 spiro atoms. The summed E-state index contributed by atoms with van der Waals surface area (Å²) in [6.07, 6.45) is 5.44. The van der Waals surface area contributed by atoms with E-state index in [0.717, 1.165) is 12.8 Å². The zero-order valence-electron chi connectivity index (χ0n) is 19.0. The summed E-state index contributed by atoms with van der Waals surface area (Å²) in [7, 11) is 0. The average Bonchev–Trinajstić information content (AvgIpc) is 3.32. The number of ether oxygens (including phenoxy) is 1. The number of hydrogen-bond acceptors (Lipinski definition) is 6. The highest BCUT2D eigenvalue weighted by molar-refractivity contribution is 8.21. The van der Waals surface area contributed by atoms with E-state index in [4.69, 9.17) is 4.74 Å². The second-order valence-corrected chi connectivity index (χ2v) is 12.3. The molecule has 1 amide bonds. The molecule has 2 bridgehead atoms. The van der Waals surface area contributed by atoms with E-state index in [1.165, 1.54) is 30.8 Å². The van der Waals surface area contributed by atoms with Gasteiger partial charge < -0.3 is 10.1 Å². The summed E-state index contributed by atoms with van der Waals surface area (Å²) >= 11 is 4.24. The summed E-state index contributed by atoms with van der Waals surface area (Å²) in [5.41, 5.74) is 1.63. The first kappa shape index (κ1) is 23.5. The lowest BCUT2D eigenvalue weighted by Gasteiger charge is -2.51. The zero-order chi connectivity index (χ0) is 23.5. The van der Waals surface area contributed by atoms with Crippen molar-refractivity contribution in [2.75, 3.05) is 23.4 Å². The highest BCUT2D eigenvalue weighted by atomic mass is 32.2. The van der Waals surface area contributed by atoms with Crippen molar-refractivity contribution in [1.29, 1.82) is 0 Å². The molecule has 3 atom stereocenters. The number of amides is 1. The monoisotopic (exact) mass is 495 g/mol. The van der Waals surface area contributed by atoms with Crippen molar-refractivity contribution < 1.29 is 19.1 Å². The van der Waals surface area contributed by atoms with Crippen molar-refractivity contribution in [2.24, 2.45) is 17.8 Å². The Morgan fingerprint density at radius 1 is 0.882 bits per heavy atom. The molecular formula is C27H29NO4S2. The molecule has 1 heterocycles. The van der Waals surface area contributed by atoms with E-state index in [-0.39, 0.29) is 30.2 Å². The molecule has 3 aliphatic rings. The summed E-state index contributed by atoms with van der Waals surface area (Å²) in [6, 6.07) is 15.6. The van der Waals surface area contributed by atoms with Gasteiger partial charge in [-0.1, -0.05) is 24.6 Å². The van der Waals surface area contributed by atoms with E-state index < -0.39 is 0 Å². The summed E-state index contributed by atoms with van der Waals surface area (Å²) in [5, 5.41) is 2.82. The number of benzene rings is 2. The molecule has 2 aromatic carbocycles. The van der Waals surface area contributed by atoms with Crippen molar-refractivity contribution >= 4 is 46.9 Å². The van der Waals surface area contributed by atoms with Gasteiger partial charge in [-0.05, 0) is 73.9 Å². The van der Waals surface area contributed by atoms with Crippen LogP contribution in [0.3, 0.4) is 0 Å². The molecule has 2 saturated carbocycles. The van der Waals surface area contributed by atoms with Crippen molar-refractivity contribution in [3.05, 3.63) is 65.7 Å². The largest absolute Gasteiger partial charge is 0.457 e. The van der Waals surface area contributed by atoms with Crippen LogP contribution in [0, 0.1) is 17.8 Å². The molecule has 2 aliphatic carbocycles. The molecule has 3 fully saturated rings. The molecule has 0 radical (unpaired) electrons. The Labute approximate surface area is 208 Å². The van der Waals surface area contributed by atoms with Crippen molar-refractivity contribution in [3.8, 4) is 0 Å². The first-order chi connectivity index (χ1) is 16.5. The van der Waals surface area contributed by atoms with E-state index in [1.807, 2.05) is 18.2 Å². The normalized spacial score (nSPS) is 25.0. The van der Waals surface area contributed by atoms with E-state index in [9.17, 15) is 14.4 Å². The number of carbonyl (C=O) groups excluding carboxylic acids is 3. The Morgan fingerprint density at radius 2 is 1.53 bits per heavy atom. The van der Waals surface area contributed by atoms with Crippen LogP contribution in [-0.4, -0.2) is 39.9 Å². The third-order valence-corrected chi connectivity index (χ3v) is 11.3. The number of nitrogens with one attached hydrogen (secondary N) is 1. The molecule has 1 aliphatic heterocycles. The molecule has 2 aromatic rings. The smallest absolute Gasteiger partial charge is 0.309 e. The van der Waals surface area contributed by atoms with Gasteiger partial charge in [0.15, 0.2) is 12.4 Å². The van der Waals surface area contributed by atoms with Gasteiger partial charge in [0.2, 0.25) is 0 Å². The molecule has 34 heavy (non-hydrogen) atoms. The molecule has 1 N–H and O–H groups in total. The maximum absolute atomic E-state index is 12.8. The van der Waals surface area contributed by atoms with Crippen LogP contribution in [-0.2, 0) is 9.53 Å². The molecule has 1 saturated heterocycles. The summed E-state index contributed by atoms with van der Waals surface area (Å²) in [5.74, 6) is 2.83. The summed E-state index contributed by atoms with van der Waals surface area (Å²) in [6.45, 7) is -0.241. The zero-order valence-corrected chi connectivity index (χ0v) is 20.7. The number of thioether (sulfide) groups is 2. The number of hydrogen-bond donors (Lipinski definition) is 1. The van der Waals surface area contributed by atoms with Crippen LogP contribution in [0.5, 0.6) is 0 Å². The number of esters is 1. The molecule has 0 aromatic heterocycles. The number of anilines is 1. The first-order valence-electron chi connectivity index (χ1n) is 12.0. The van der Waals surface area contributed by atoms with E-state index in [1.54, 1.807) is 36.4 Å². The topological polar surface area (TPSA) is 72.5 Å². The number of carbonyl (C=O) groups is 3. The Morgan fingerprint density at radius 3 is 2.18 bits per heavy atom. The van der Waals surface area contributed by atoms with Crippen LogP contribution in [0.2, 0.25) is 0 Å². The van der Waals surface area contributed by atoms with E-state index in [0.29, 0.717) is 32.7 Å². The Balaban J connectivity index is 1.13. The SMILES string of the molecule is O=C(COC(=O)C1C[C@H]2CCC[C@@H](C1)C21SCCS1)c1ccc(NC(=O)c2ccccc2)cc1. The summed E-state index contributed by atoms with van der Waals surface area (Å²) < 4.78 is 5.82. The standard InChI is InChI=1S/C27H29NO4S2/c29-24(18-9-11-23(12-10-18)28-25(30)19-5-2-1-3-6-19)17-32-26(31)20-15-21-7-4-8-22(16-20)27(21)33-13-14-34-27/h1-3,5-6,9-12,20-22H,4,7-8,13-17H2,(H,28,30)/t20?,21-,22+. The van der Waals surface area contributed by atoms with Gasteiger partial charge in [0.1, 0.15) is 0 Å². The lowest BCUT2D eigenvalue weighted by molar-refractivity contribution is -0.150. The molecule has 178 valence electrons. The maximum atomic E-state index is 12.8. The molecule has 5 rings (SSSR count). The van der Waals surface area contributed by atoms with Crippen molar-refractivity contribution in [3.63, 3.8) is 0 Å². The minimum Gasteiger partial charge on any atom is -0.457 e. The lowest BCUT2D eigenvalue weighted by Crippen LogP contribution is -2.48. The summed E-state index contributed by atoms with van der Waals surface area (Å²) in [4.78, 5) is 37.7.